The summed E-state index contributed by atoms with van der Waals surface area (Å²) in [7, 11) is 0. The molecule has 1 amide bonds. The van der Waals surface area contributed by atoms with Crippen LogP contribution in [0.2, 0.25) is 0 Å². The highest BCUT2D eigenvalue weighted by molar-refractivity contribution is 5.93. The van der Waals surface area contributed by atoms with Gasteiger partial charge in [0.15, 0.2) is 5.54 Å². The number of hydrogen-bond donors (Lipinski definition) is 4. The summed E-state index contributed by atoms with van der Waals surface area (Å²) >= 11 is 0. The number of halogens is 1. The molecule has 0 aromatic carbocycles. The molecular formula is C14H21FN2O5. The molecule has 2 saturated carbocycles. The molecule has 2 fully saturated rings. The molecule has 0 aromatic heterocycles. The van der Waals surface area contributed by atoms with Gasteiger partial charge >= 0.3 is 11.9 Å². The van der Waals surface area contributed by atoms with Crippen LogP contribution in [0.3, 0.4) is 0 Å². The zero-order valence-corrected chi connectivity index (χ0v) is 12.5. The van der Waals surface area contributed by atoms with Crippen LogP contribution in [0.5, 0.6) is 0 Å². The number of nitrogens with two attached hydrogens (primary N) is 1. The first-order chi connectivity index (χ1) is 10.1. The second kappa shape index (κ2) is 5.49. The van der Waals surface area contributed by atoms with E-state index in [0.29, 0.717) is 6.42 Å². The van der Waals surface area contributed by atoms with Crippen molar-refractivity contribution in [3.05, 3.63) is 0 Å². The van der Waals surface area contributed by atoms with Crippen LogP contribution in [0, 0.1) is 23.7 Å². The lowest BCUT2D eigenvalue weighted by Gasteiger charge is -2.32. The molecule has 6 atom stereocenters. The van der Waals surface area contributed by atoms with Gasteiger partial charge in [0.2, 0.25) is 5.91 Å². The van der Waals surface area contributed by atoms with E-state index in [1.807, 2.05) is 13.8 Å². The SMILES string of the molecule is CC(C)C[C@H](N)C(=O)N[C@]1(C(=O)O)[C@H]2[C@@H](C[C@@H]1F)[C@@H]2C(=O)O. The number of aliphatic carboxylic acids is 2. The number of carbonyl (C=O) groups excluding carboxylic acids is 1. The first-order valence-corrected chi connectivity index (χ1v) is 7.30. The van der Waals surface area contributed by atoms with Crippen molar-refractivity contribution < 1.29 is 29.0 Å². The van der Waals surface area contributed by atoms with Gasteiger partial charge in [-0.25, -0.2) is 9.18 Å². The van der Waals surface area contributed by atoms with Crippen LogP contribution in [-0.2, 0) is 14.4 Å². The Morgan fingerprint density at radius 3 is 2.41 bits per heavy atom. The van der Waals surface area contributed by atoms with Gasteiger partial charge < -0.3 is 21.3 Å². The normalized spacial score (nSPS) is 37.5. The molecule has 2 rings (SSSR count). The largest absolute Gasteiger partial charge is 0.481 e. The van der Waals surface area contributed by atoms with Crippen molar-refractivity contribution in [1.82, 2.24) is 5.32 Å². The predicted molar refractivity (Wildman–Crippen MR) is 73.6 cm³/mol. The summed E-state index contributed by atoms with van der Waals surface area (Å²) in [4.78, 5) is 34.9. The van der Waals surface area contributed by atoms with E-state index in [1.54, 1.807) is 0 Å². The first kappa shape index (κ1) is 16.7. The zero-order valence-electron chi connectivity index (χ0n) is 12.5. The summed E-state index contributed by atoms with van der Waals surface area (Å²) in [5.41, 5.74) is 3.53. The quantitative estimate of drug-likeness (QED) is 0.545. The summed E-state index contributed by atoms with van der Waals surface area (Å²) in [5, 5.41) is 20.7. The van der Waals surface area contributed by atoms with E-state index in [4.69, 9.17) is 10.8 Å². The maximum Gasteiger partial charge on any atom is 0.332 e. The fourth-order valence-electron chi connectivity index (χ4n) is 3.66. The van der Waals surface area contributed by atoms with Crippen LogP contribution in [0.4, 0.5) is 4.39 Å². The average Bonchev–Trinajstić information content (AvgIpc) is 3.01. The van der Waals surface area contributed by atoms with Crippen LogP contribution in [-0.4, -0.2) is 45.8 Å². The molecule has 2 aliphatic rings. The number of carboxylic acids is 2. The fourth-order valence-corrected chi connectivity index (χ4v) is 3.66. The Bertz CT molecular complexity index is 511. The average molecular weight is 316 g/mol. The molecule has 0 saturated heterocycles. The molecule has 0 radical (unpaired) electrons. The first-order valence-electron chi connectivity index (χ1n) is 7.30. The lowest BCUT2D eigenvalue weighted by atomic mass is 9.87. The molecule has 0 heterocycles. The maximum atomic E-state index is 14.3. The van der Waals surface area contributed by atoms with Crippen molar-refractivity contribution >= 4 is 17.8 Å². The highest BCUT2D eigenvalue weighted by Crippen LogP contribution is 2.63. The lowest BCUT2D eigenvalue weighted by molar-refractivity contribution is -0.153. The van der Waals surface area contributed by atoms with E-state index < -0.39 is 53.4 Å². The topological polar surface area (TPSA) is 130 Å². The van der Waals surface area contributed by atoms with Gasteiger partial charge in [0.25, 0.3) is 0 Å². The summed E-state index contributed by atoms with van der Waals surface area (Å²) in [6, 6.07) is -0.954. The smallest absolute Gasteiger partial charge is 0.332 e. The molecule has 5 N–H and O–H groups in total. The third kappa shape index (κ3) is 2.45. The third-order valence-corrected chi connectivity index (χ3v) is 4.70. The number of fused-ring (bicyclic) bond motifs is 1. The second-order valence-electron chi connectivity index (χ2n) is 6.66. The summed E-state index contributed by atoms with van der Waals surface area (Å²) in [6.45, 7) is 3.70. The summed E-state index contributed by atoms with van der Waals surface area (Å²) in [6.07, 6.45) is -1.66. The molecule has 124 valence electrons. The Morgan fingerprint density at radius 2 is 1.95 bits per heavy atom. The highest BCUT2D eigenvalue weighted by Gasteiger charge is 2.76. The Hall–Kier alpha value is -1.70. The van der Waals surface area contributed by atoms with Gasteiger partial charge in [-0.2, -0.15) is 0 Å². The lowest BCUT2D eigenvalue weighted by Crippen LogP contribution is -2.64. The molecule has 0 aliphatic heterocycles. The number of amides is 1. The molecular weight excluding hydrogens is 295 g/mol. The number of carboxylic acid groups (broad SMARTS) is 2. The number of carbonyl (C=O) groups is 3. The Kier molecular flexibility index (Phi) is 4.16. The van der Waals surface area contributed by atoms with Crippen molar-refractivity contribution in [2.45, 2.75) is 44.4 Å². The number of hydrogen-bond acceptors (Lipinski definition) is 4. The molecule has 22 heavy (non-hydrogen) atoms. The van der Waals surface area contributed by atoms with Crippen LogP contribution in [0.15, 0.2) is 0 Å². The summed E-state index contributed by atoms with van der Waals surface area (Å²) in [5.74, 6) is -5.74. The van der Waals surface area contributed by atoms with E-state index in [-0.39, 0.29) is 12.3 Å². The van der Waals surface area contributed by atoms with Gasteiger partial charge in [-0.1, -0.05) is 13.8 Å². The van der Waals surface area contributed by atoms with Gasteiger partial charge in [0.05, 0.1) is 12.0 Å². The Labute approximate surface area is 127 Å². The van der Waals surface area contributed by atoms with Gasteiger partial charge in [0.1, 0.15) is 6.17 Å². The Balaban J connectivity index is 2.21. The van der Waals surface area contributed by atoms with Gasteiger partial charge in [-0.15, -0.1) is 0 Å². The van der Waals surface area contributed by atoms with E-state index in [1.165, 1.54) is 0 Å². The van der Waals surface area contributed by atoms with Gasteiger partial charge in [0, 0.05) is 5.92 Å². The predicted octanol–water partition coefficient (Wildman–Crippen LogP) is -0.0120. The van der Waals surface area contributed by atoms with Crippen molar-refractivity contribution in [2.24, 2.45) is 29.4 Å². The standard InChI is InChI=1S/C14H21FN2O5/c1-5(2)3-7(16)11(18)17-14(13(21)22)8(15)4-6-9(10(6)14)12(19)20/h5-10H,3-4,16H2,1-2H3,(H,17,18)(H,19,20)(H,21,22)/t6-,7-,8-,9-,10-,14-/m0/s1. The van der Waals surface area contributed by atoms with Gasteiger partial charge in [-0.05, 0) is 24.7 Å². The van der Waals surface area contributed by atoms with Crippen LogP contribution >= 0.6 is 0 Å². The van der Waals surface area contributed by atoms with E-state index in [2.05, 4.69) is 5.32 Å². The third-order valence-electron chi connectivity index (χ3n) is 4.70. The maximum absolute atomic E-state index is 14.3. The minimum atomic E-state index is -2.18. The minimum absolute atomic E-state index is 0.117. The summed E-state index contributed by atoms with van der Waals surface area (Å²) < 4.78 is 14.3. The van der Waals surface area contributed by atoms with Crippen molar-refractivity contribution in [3.8, 4) is 0 Å². The van der Waals surface area contributed by atoms with E-state index >= 15 is 0 Å². The molecule has 0 aromatic rings. The van der Waals surface area contributed by atoms with Crippen LogP contribution in [0.1, 0.15) is 26.7 Å². The monoisotopic (exact) mass is 316 g/mol. The number of rotatable bonds is 6. The fraction of sp³-hybridized carbons (Fsp3) is 0.786. The van der Waals surface area contributed by atoms with Crippen LogP contribution in [0.25, 0.3) is 0 Å². The molecule has 0 spiro atoms. The molecule has 7 nitrogen and oxygen atoms in total. The highest BCUT2D eigenvalue weighted by atomic mass is 19.1. The van der Waals surface area contributed by atoms with Crippen LogP contribution < -0.4 is 11.1 Å². The van der Waals surface area contributed by atoms with E-state index in [9.17, 15) is 23.9 Å². The molecule has 2 aliphatic carbocycles. The van der Waals surface area contributed by atoms with Crippen molar-refractivity contribution in [2.75, 3.05) is 0 Å². The van der Waals surface area contributed by atoms with Gasteiger partial charge in [-0.3, -0.25) is 9.59 Å². The van der Waals surface area contributed by atoms with Crippen molar-refractivity contribution in [1.29, 1.82) is 0 Å². The minimum Gasteiger partial charge on any atom is -0.481 e. The number of nitrogens with one attached hydrogen (secondary N) is 1. The molecule has 0 bridgehead atoms. The second-order valence-corrected chi connectivity index (χ2v) is 6.66. The molecule has 0 unspecified atom stereocenters. The Morgan fingerprint density at radius 1 is 1.36 bits per heavy atom. The molecule has 8 heteroatoms. The van der Waals surface area contributed by atoms with E-state index in [0.717, 1.165) is 0 Å². The van der Waals surface area contributed by atoms with Crippen molar-refractivity contribution in [3.63, 3.8) is 0 Å². The zero-order chi connectivity index (χ0) is 16.8. The number of alkyl halides is 1.